The molecule has 6 nitrogen and oxygen atoms in total. The summed E-state index contributed by atoms with van der Waals surface area (Å²) in [7, 11) is 1.46. The molecular formula is C12H16N2O4. The van der Waals surface area contributed by atoms with E-state index in [4.69, 9.17) is 10.5 Å². The lowest BCUT2D eigenvalue weighted by atomic mass is 10.1. The molecule has 6 heteroatoms. The predicted molar refractivity (Wildman–Crippen MR) is 65.3 cm³/mol. The van der Waals surface area contributed by atoms with E-state index in [0.717, 1.165) is 5.56 Å². The number of amides is 2. The van der Waals surface area contributed by atoms with Gasteiger partial charge in [-0.3, -0.25) is 9.59 Å². The fraction of sp³-hybridized carbons (Fsp3) is 0.333. The Morgan fingerprint density at radius 2 is 2.17 bits per heavy atom. The zero-order chi connectivity index (χ0) is 13.7. The van der Waals surface area contributed by atoms with Crippen LogP contribution in [0.4, 0.5) is 0 Å². The number of rotatable bonds is 5. The summed E-state index contributed by atoms with van der Waals surface area (Å²) in [5.41, 5.74) is 6.12. The van der Waals surface area contributed by atoms with E-state index in [-0.39, 0.29) is 6.54 Å². The van der Waals surface area contributed by atoms with Crippen LogP contribution in [-0.2, 0) is 4.79 Å². The highest BCUT2D eigenvalue weighted by Gasteiger charge is 2.16. The van der Waals surface area contributed by atoms with E-state index in [1.54, 1.807) is 12.1 Å². The van der Waals surface area contributed by atoms with E-state index < -0.39 is 17.9 Å². The van der Waals surface area contributed by atoms with Gasteiger partial charge in [0.15, 0.2) is 0 Å². The maximum atomic E-state index is 11.8. The number of primary amides is 1. The standard InChI is InChI=1S/C12H16N2O4/c1-7-3-4-10(18-2)8(5-7)12(17)14-6-9(15)11(13)16/h3-5,9,15H,6H2,1-2H3,(H2,13,16)(H,14,17). The molecule has 0 fully saturated rings. The first-order valence-corrected chi connectivity index (χ1v) is 5.36. The van der Waals surface area contributed by atoms with Gasteiger partial charge in [-0.15, -0.1) is 0 Å². The second-order valence-electron chi connectivity index (χ2n) is 3.83. The second-order valence-corrected chi connectivity index (χ2v) is 3.83. The molecule has 0 aliphatic heterocycles. The Bertz CT molecular complexity index is 459. The van der Waals surface area contributed by atoms with Crippen LogP contribution in [0.15, 0.2) is 18.2 Å². The molecule has 18 heavy (non-hydrogen) atoms. The maximum absolute atomic E-state index is 11.8. The second kappa shape index (κ2) is 6.02. The zero-order valence-electron chi connectivity index (χ0n) is 10.3. The third-order valence-electron chi connectivity index (χ3n) is 2.38. The molecule has 0 bridgehead atoms. The van der Waals surface area contributed by atoms with Crippen molar-refractivity contribution in [1.82, 2.24) is 5.32 Å². The minimum atomic E-state index is -1.40. The van der Waals surface area contributed by atoms with Crippen molar-refractivity contribution in [3.8, 4) is 5.75 Å². The van der Waals surface area contributed by atoms with Gasteiger partial charge in [0.1, 0.15) is 11.9 Å². The summed E-state index contributed by atoms with van der Waals surface area (Å²) in [6.45, 7) is 1.61. The molecular weight excluding hydrogens is 236 g/mol. The molecule has 1 unspecified atom stereocenters. The van der Waals surface area contributed by atoms with Crippen LogP contribution in [0.2, 0.25) is 0 Å². The average molecular weight is 252 g/mol. The third-order valence-corrected chi connectivity index (χ3v) is 2.38. The van der Waals surface area contributed by atoms with E-state index in [0.29, 0.717) is 11.3 Å². The Hall–Kier alpha value is -2.08. The molecule has 0 spiro atoms. The van der Waals surface area contributed by atoms with Crippen molar-refractivity contribution >= 4 is 11.8 Å². The van der Waals surface area contributed by atoms with Crippen LogP contribution in [0.1, 0.15) is 15.9 Å². The van der Waals surface area contributed by atoms with Gasteiger partial charge in [-0.1, -0.05) is 11.6 Å². The SMILES string of the molecule is COc1ccc(C)cc1C(=O)NCC(O)C(N)=O. The molecule has 0 aliphatic carbocycles. The number of benzene rings is 1. The number of ether oxygens (including phenoxy) is 1. The first kappa shape index (κ1) is 14.0. The summed E-state index contributed by atoms with van der Waals surface area (Å²) in [6, 6.07) is 5.15. The van der Waals surface area contributed by atoms with Gasteiger partial charge in [0.25, 0.3) is 5.91 Å². The number of hydrogen-bond acceptors (Lipinski definition) is 4. The Kier molecular flexibility index (Phi) is 4.67. The average Bonchev–Trinajstić information content (AvgIpc) is 2.35. The predicted octanol–water partition coefficient (Wildman–Crippen LogP) is -0.420. The van der Waals surface area contributed by atoms with Crippen LogP contribution in [0.5, 0.6) is 5.75 Å². The summed E-state index contributed by atoms with van der Waals surface area (Å²) < 4.78 is 5.06. The number of carbonyl (C=O) groups excluding carboxylic acids is 2. The molecule has 0 heterocycles. The Labute approximate surface area is 105 Å². The van der Waals surface area contributed by atoms with Crippen molar-refractivity contribution in [2.75, 3.05) is 13.7 Å². The molecule has 98 valence electrons. The highest BCUT2D eigenvalue weighted by molar-refractivity contribution is 5.97. The zero-order valence-corrected chi connectivity index (χ0v) is 10.3. The van der Waals surface area contributed by atoms with Crippen molar-refractivity contribution in [1.29, 1.82) is 0 Å². The molecule has 1 atom stereocenters. The number of carbonyl (C=O) groups is 2. The van der Waals surface area contributed by atoms with Crippen molar-refractivity contribution in [2.45, 2.75) is 13.0 Å². The van der Waals surface area contributed by atoms with E-state index in [1.807, 2.05) is 13.0 Å². The van der Waals surface area contributed by atoms with Gasteiger partial charge in [0, 0.05) is 0 Å². The summed E-state index contributed by atoms with van der Waals surface area (Å²) in [5, 5.41) is 11.6. The molecule has 0 saturated heterocycles. The van der Waals surface area contributed by atoms with Crippen LogP contribution in [-0.4, -0.2) is 36.7 Å². The first-order valence-electron chi connectivity index (χ1n) is 5.36. The molecule has 4 N–H and O–H groups in total. The van der Waals surface area contributed by atoms with Crippen LogP contribution in [0, 0.1) is 6.92 Å². The first-order chi connectivity index (χ1) is 8.45. The van der Waals surface area contributed by atoms with Crippen molar-refractivity contribution in [3.05, 3.63) is 29.3 Å². The summed E-state index contributed by atoms with van der Waals surface area (Å²) >= 11 is 0. The number of aryl methyl sites for hydroxylation is 1. The van der Waals surface area contributed by atoms with Crippen molar-refractivity contribution < 1.29 is 19.4 Å². The molecule has 1 aromatic rings. The van der Waals surface area contributed by atoms with E-state index in [2.05, 4.69) is 5.32 Å². The van der Waals surface area contributed by atoms with E-state index >= 15 is 0 Å². The lowest BCUT2D eigenvalue weighted by Crippen LogP contribution is -2.40. The number of nitrogens with two attached hydrogens (primary N) is 1. The highest BCUT2D eigenvalue weighted by Crippen LogP contribution is 2.19. The van der Waals surface area contributed by atoms with Crippen LogP contribution < -0.4 is 15.8 Å². The number of aliphatic hydroxyl groups excluding tert-OH is 1. The Morgan fingerprint density at radius 1 is 1.50 bits per heavy atom. The Morgan fingerprint density at radius 3 is 2.72 bits per heavy atom. The van der Waals surface area contributed by atoms with Gasteiger partial charge in [-0.25, -0.2) is 0 Å². The third kappa shape index (κ3) is 3.46. The minimum absolute atomic E-state index is 0.231. The van der Waals surface area contributed by atoms with Gasteiger partial charge in [-0.2, -0.15) is 0 Å². The monoisotopic (exact) mass is 252 g/mol. The fourth-order valence-electron chi connectivity index (χ4n) is 1.38. The van der Waals surface area contributed by atoms with E-state index in [9.17, 15) is 14.7 Å². The van der Waals surface area contributed by atoms with Gasteiger partial charge in [-0.05, 0) is 19.1 Å². The molecule has 1 rings (SSSR count). The van der Waals surface area contributed by atoms with Gasteiger partial charge in [0.2, 0.25) is 5.91 Å². The lowest BCUT2D eigenvalue weighted by molar-refractivity contribution is -0.125. The number of hydrogen-bond donors (Lipinski definition) is 3. The summed E-state index contributed by atoms with van der Waals surface area (Å²) in [4.78, 5) is 22.5. The quantitative estimate of drug-likeness (QED) is 0.662. The highest BCUT2D eigenvalue weighted by atomic mass is 16.5. The number of nitrogens with one attached hydrogen (secondary N) is 1. The van der Waals surface area contributed by atoms with Crippen molar-refractivity contribution in [3.63, 3.8) is 0 Å². The van der Waals surface area contributed by atoms with Gasteiger partial charge < -0.3 is 20.9 Å². The number of methoxy groups -OCH3 is 1. The topological polar surface area (TPSA) is 102 Å². The van der Waals surface area contributed by atoms with Crippen LogP contribution in [0.25, 0.3) is 0 Å². The lowest BCUT2D eigenvalue weighted by Gasteiger charge is -2.11. The number of aliphatic hydroxyl groups is 1. The normalized spacial score (nSPS) is 11.7. The van der Waals surface area contributed by atoms with Gasteiger partial charge >= 0.3 is 0 Å². The molecule has 0 radical (unpaired) electrons. The molecule has 0 saturated carbocycles. The van der Waals surface area contributed by atoms with E-state index in [1.165, 1.54) is 7.11 Å². The smallest absolute Gasteiger partial charge is 0.255 e. The fourth-order valence-corrected chi connectivity index (χ4v) is 1.38. The van der Waals surface area contributed by atoms with Crippen LogP contribution >= 0.6 is 0 Å². The minimum Gasteiger partial charge on any atom is -0.496 e. The maximum Gasteiger partial charge on any atom is 0.255 e. The largest absolute Gasteiger partial charge is 0.496 e. The summed E-state index contributed by atoms with van der Waals surface area (Å²) in [5.74, 6) is -0.894. The van der Waals surface area contributed by atoms with Crippen LogP contribution in [0.3, 0.4) is 0 Å². The van der Waals surface area contributed by atoms with Crippen molar-refractivity contribution in [2.24, 2.45) is 5.73 Å². The molecule has 1 aromatic carbocycles. The molecule has 0 aromatic heterocycles. The summed E-state index contributed by atoms with van der Waals surface area (Å²) in [6.07, 6.45) is -1.40. The molecule has 2 amide bonds. The van der Waals surface area contributed by atoms with Gasteiger partial charge in [0.05, 0.1) is 19.2 Å². The molecule has 0 aliphatic rings. The Balaban J connectivity index is 2.78.